The van der Waals surface area contributed by atoms with Gasteiger partial charge in [0.2, 0.25) is 0 Å². The largest absolute Gasteiger partial charge is 0.411 e. The molecule has 2 N–H and O–H groups in total. The van der Waals surface area contributed by atoms with E-state index in [-0.39, 0.29) is 0 Å². The molecule has 16 heavy (non-hydrogen) atoms. The molecule has 0 heterocycles. The number of oxime groups is 1. The Hall–Kier alpha value is -2.43. The zero-order chi connectivity index (χ0) is 11.8. The Balaban J connectivity index is 2.90. The van der Waals surface area contributed by atoms with Crippen molar-refractivity contribution in [2.45, 2.75) is 0 Å². The van der Waals surface area contributed by atoms with Crippen molar-refractivity contribution in [2.24, 2.45) is 5.16 Å². The van der Waals surface area contributed by atoms with Gasteiger partial charge >= 0.3 is 0 Å². The molecular formula is C11H10N2O3. The molecule has 0 unspecified atom stereocenters. The lowest BCUT2D eigenvalue weighted by Crippen LogP contribution is -2.13. The first-order chi connectivity index (χ1) is 7.77. The number of carbonyl (C=O) groups is 2. The van der Waals surface area contributed by atoms with Gasteiger partial charge in [0.15, 0.2) is 0 Å². The molecule has 0 bridgehead atoms. The number of carbonyl (C=O) groups excluding carboxylic acids is 2. The molecule has 82 valence electrons. The molecule has 5 heteroatoms. The number of benzene rings is 1. The molecule has 0 fully saturated rings. The number of aldehydes is 1. The van der Waals surface area contributed by atoms with Gasteiger partial charge in [0.05, 0.1) is 0 Å². The number of hydrogen-bond acceptors (Lipinski definition) is 4. The molecule has 1 rings (SSSR count). The maximum atomic E-state index is 11.1. The van der Waals surface area contributed by atoms with E-state index in [9.17, 15) is 9.59 Å². The Morgan fingerprint density at radius 3 is 2.81 bits per heavy atom. The number of allylic oxidation sites excluding steroid dienone is 1. The molecule has 0 saturated carbocycles. The fraction of sp³-hybridized carbons (Fsp3) is 0. The number of rotatable bonds is 4. The van der Waals surface area contributed by atoms with E-state index in [1.807, 2.05) is 0 Å². The van der Waals surface area contributed by atoms with Gasteiger partial charge < -0.3 is 10.5 Å². The lowest BCUT2D eigenvalue weighted by molar-refractivity contribution is -0.110. The Morgan fingerprint density at radius 1 is 1.38 bits per heavy atom. The number of para-hydroxylation sites is 1. The van der Waals surface area contributed by atoms with Crippen LogP contribution in [0.4, 0.5) is 5.69 Å². The molecule has 0 radical (unpaired) electrons. The van der Waals surface area contributed by atoms with Crippen molar-refractivity contribution in [1.82, 2.24) is 0 Å². The summed E-state index contributed by atoms with van der Waals surface area (Å²) >= 11 is 0. The summed E-state index contributed by atoms with van der Waals surface area (Å²) in [5, 5.41) is 13.3. The summed E-state index contributed by atoms with van der Waals surface area (Å²) in [4.78, 5) is 21.3. The third-order valence-electron chi connectivity index (χ3n) is 1.75. The molecule has 0 aliphatic carbocycles. The van der Waals surface area contributed by atoms with Crippen molar-refractivity contribution in [3.63, 3.8) is 0 Å². The predicted molar refractivity (Wildman–Crippen MR) is 60.4 cm³/mol. The SMILES string of the molecule is O=CC=Cc1ccccc1NC(=O)C=NO. The topological polar surface area (TPSA) is 78.8 Å². The molecule has 1 amide bonds. The first-order valence-corrected chi connectivity index (χ1v) is 4.47. The van der Waals surface area contributed by atoms with Gasteiger partial charge in [0.1, 0.15) is 12.5 Å². The first-order valence-electron chi connectivity index (χ1n) is 4.47. The Kier molecular flexibility index (Phi) is 4.46. The number of hydrogen-bond donors (Lipinski definition) is 2. The lowest BCUT2D eigenvalue weighted by Gasteiger charge is -2.05. The van der Waals surface area contributed by atoms with E-state index in [4.69, 9.17) is 5.21 Å². The van der Waals surface area contributed by atoms with Crippen molar-refractivity contribution >= 4 is 30.2 Å². The fourth-order valence-electron chi connectivity index (χ4n) is 1.12. The number of anilines is 1. The summed E-state index contributed by atoms with van der Waals surface area (Å²) in [6.07, 6.45) is 4.29. The van der Waals surface area contributed by atoms with Gasteiger partial charge in [-0.2, -0.15) is 0 Å². The Labute approximate surface area is 92.1 Å². The normalized spacial score (nSPS) is 10.8. The summed E-state index contributed by atoms with van der Waals surface area (Å²) < 4.78 is 0. The maximum Gasteiger partial charge on any atom is 0.270 e. The van der Waals surface area contributed by atoms with Crippen LogP contribution in [0.15, 0.2) is 35.5 Å². The molecular weight excluding hydrogens is 208 g/mol. The minimum atomic E-state index is -0.547. The highest BCUT2D eigenvalue weighted by molar-refractivity contribution is 6.31. The third-order valence-corrected chi connectivity index (χ3v) is 1.75. The molecule has 5 nitrogen and oxygen atoms in total. The average molecular weight is 218 g/mol. The Bertz CT molecular complexity index is 439. The molecule has 0 aromatic heterocycles. The van der Waals surface area contributed by atoms with Crippen molar-refractivity contribution in [2.75, 3.05) is 5.32 Å². The second-order valence-electron chi connectivity index (χ2n) is 2.82. The summed E-state index contributed by atoms with van der Waals surface area (Å²) in [7, 11) is 0. The summed E-state index contributed by atoms with van der Waals surface area (Å²) in [6.45, 7) is 0. The van der Waals surface area contributed by atoms with Crippen LogP contribution in [0.3, 0.4) is 0 Å². The molecule has 0 atom stereocenters. The van der Waals surface area contributed by atoms with Gasteiger partial charge in [-0.3, -0.25) is 9.59 Å². The molecule has 0 saturated heterocycles. The van der Waals surface area contributed by atoms with E-state index >= 15 is 0 Å². The predicted octanol–water partition coefficient (Wildman–Crippen LogP) is 1.30. The van der Waals surface area contributed by atoms with Crippen LogP contribution in [0.2, 0.25) is 0 Å². The zero-order valence-corrected chi connectivity index (χ0v) is 8.33. The van der Waals surface area contributed by atoms with E-state index in [2.05, 4.69) is 10.5 Å². The van der Waals surface area contributed by atoms with Crippen molar-refractivity contribution in [1.29, 1.82) is 0 Å². The monoisotopic (exact) mass is 218 g/mol. The number of nitrogens with zero attached hydrogens (tertiary/aromatic N) is 1. The van der Waals surface area contributed by atoms with Crippen LogP contribution < -0.4 is 5.32 Å². The maximum absolute atomic E-state index is 11.1. The second-order valence-corrected chi connectivity index (χ2v) is 2.82. The van der Waals surface area contributed by atoms with Gasteiger partial charge in [0.25, 0.3) is 5.91 Å². The highest BCUT2D eigenvalue weighted by Gasteiger charge is 2.01. The molecule has 0 aliphatic heterocycles. The van der Waals surface area contributed by atoms with Crippen LogP contribution in [-0.4, -0.2) is 23.6 Å². The van der Waals surface area contributed by atoms with E-state index < -0.39 is 5.91 Å². The van der Waals surface area contributed by atoms with Crippen molar-refractivity contribution < 1.29 is 14.8 Å². The van der Waals surface area contributed by atoms with Gasteiger partial charge in [-0.1, -0.05) is 23.4 Å². The molecule has 1 aromatic carbocycles. The highest BCUT2D eigenvalue weighted by Crippen LogP contribution is 2.15. The molecule has 0 spiro atoms. The van der Waals surface area contributed by atoms with Crippen LogP contribution in [0, 0.1) is 0 Å². The van der Waals surface area contributed by atoms with E-state index in [0.29, 0.717) is 17.5 Å². The average Bonchev–Trinajstić information content (AvgIpc) is 2.28. The van der Waals surface area contributed by atoms with Gasteiger partial charge in [-0.15, -0.1) is 0 Å². The van der Waals surface area contributed by atoms with E-state index in [1.165, 1.54) is 6.08 Å². The molecule has 1 aromatic rings. The smallest absolute Gasteiger partial charge is 0.270 e. The van der Waals surface area contributed by atoms with E-state index in [1.54, 1.807) is 30.3 Å². The fourth-order valence-corrected chi connectivity index (χ4v) is 1.12. The highest BCUT2D eigenvalue weighted by atomic mass is 16.4. The quantitative estimate of drug-likeness (QED) is 0.263. The lowest BCUT2D eigenvalue weighted by atomic mass is 10.1. The van der Waals surface area contributed by atoms with Crippen LogP contribution in [-0.2, 0) is 9.59 Å². The second kappa shape index (κ2) is 6.13. The van der Waals surface area contributed by atoms with Crippen LogP contribution in [0.25, 0.3) is 6.08 Å². The zero-order valence-electron chi connectivity index (χ0n) is 8.33. The number of nitrogens with one attached hydrogen (secondary N) is 1. The van der Waals surface area contributed by atoms with Crippen LogP contribution in [0.1, 0.15) is 5.56 Å². The summed E-state index contributed by atoms with van der Waals surface area (Å²) in [5.41, 5.74) is 1.22. The van der Waals surface area contributed by atoms with E-state index in [0.717, 1.165) is 6.21 Å². The van der Waals surface area contributed by atoms with Gasteiger partial charge in [-0.25, -0.2) is 0 Å². The third kappa shape index (κ3) is 3.38. The minimum Gasteiger partial charge on any atom is -0.411 e. The van der Waals surface area contributed by atoms with Gasteiger partial charge in [0, 0.05) is 5.69 Å². The first kappa shape index (κ1) is 11.6. The summed E-state index contributed by atoms with van der Waals surface area (Å²) in [6, 6.07) is 6.93. The standard InChI is InChI=1S/C11H10N2O3/c14-7-3-5-9-4-1-2-6-10(9)13-11(15)8-12-16/h1-8,16H,(H,13,15). The number of amides is 1. The van der Waals surface area contributed by atoms with Crippen LogP contribution in [0.5, 0.6) is 0 Å². The van der Waals surface area contributed by atoms with Crippen molar-refractivity contribution in [3.05, 3.63) is 35.9 Å². The van der Waals surface area contributed by atoms with Crippen molar-refractivity contribution in [3.8, 4) is 0 Å². The minimum absolute atomic E-state index is 0.533. The van der Waals surface area contributed by atoms with Crippen LogP contribution >= 0.6 is 0 Å². The summed E-state index contributed by atoms with van der Waals surface area (Å²) in [5.74, 6) is -0.547. The Morgan fingerprint density at radius 2 is 2.12 bits per heavy atom. The van der Waals surface area contributed by atoms with Gasteiger partial charge in [-0.05, 0) is 23.8 Å². The molecule has 0 aliphatic rings.